The third-order valence-electron chi connectivity index (χ3n) is 4.87. The van der Waals surface area contributed by atoms with Crippen LogP contribution in [0.15, 0.2) is 29.2 Å². The Bertz CT molecular complexity index is 845. The molecule has 160 valence electrons. The van der Waals surface area contributed by atoms with Crippen LogP contribution in [0.5, 0.6) is 0 Å². The maximum atomic E-state index is 12.5. The van der Waals surface area contributed by atoms with Crippen molar-refractivity contribution >= 4 is 27.8 Å². The van der Waals surface area contributed by atoms with Crippen molar-refractivity contribution in [1.82, 2.24) is 14.5 Å². The number of carbonyl (C=O) groups is 3. The lowest BCUT2D eigenvalue weighted by Gasteiger charge is -2.32. The van der Waals surface area contributed by atoms with Gasteiger partial charge in [-0.25, -0.2) is 13.1 Å². The maximum absolute atomic E-state index is 12.5. The van der Waals surface area contributed by atoms with Gasteiger partial charge < -0.3 is 14.5 Å². The monoisotopic (exact) mass is 425 g/mol. The fourth-order valence-electron chi connectivity index (χ4n) is 3.11. The molecule has 1 aromatic carbocycles. The topological polar surface area (TPSA) is 113 Å². The van der Waals surface area contributed by atoms with Gasteiger partial charge in [-0.2, -0.15) is 0 Å². The number of hydrogen-bond donors (Lipinski definition) is 1. The van der Waals surface area contributed by atoms with Crippen molar-refractivity contribution in [1.29, 1.82) is 0 Å². The summed E-state index contributed by atoms with van der Waals surface area (Å²) >= 11 is 0. The summed E-state index contributed by atoms with van der Waals surface area (Å²) < 4.78 is 30.7. The Hall–Kier alpha value is -2.46. The van der Waals surface area contributed by atoms with Crippen LogP contribution in [0.4, 0.5) is 0 Å². The molecule has 0 bridgehead atoms. The van der Waals surface area contributed by atoms with E-state index >= 15 is 0 Å². The molecule has 0 unspecified atom stereocenters. The van der Waals surface area contributed by atoms with Gasteiger partial charge in [0.1, 0.15) is 0 Å². The van der Waals surface area contributed by atoms with Crippen LogP contribution in [0.2, 0.25) is 0 Å². The van der Waals surface area contributed by atoms with E-state index in [2.05, 4.69) is 4.72 Å². The molecule has 0 radical (unpaired) electrons. The lowest BCUT2D eigenvalue weighted by Crippen LogP contribution is -2.45. The molecule has 1 aliphatic rings. The highest BCUT2D eigenvalue weighted by atomic mass is 32.2. The second-order valence-corrected chi connectivity index (χ2v) is 8.69. The van der Waals surface area contributed by atoms with Gasteiger partial charge in [-0.05, 0) is 51.1 Å². The van der Waals surface area contributed by atoms with Crippen LogP contribution in [0.1, 0.15) is 30.1 Å². The van der Waals surface area contributed by atoms with E-state index in [0.717, 1.165) is 0 Å². The molecule has 1 heterocycles. The van der Waals surface area contributed by atoms with Crippen LogP contribution in [0.3, 0.4) is 0 Å². The minimum atomic E-state index is -3.58. The Labute approximate surface area is 171 Å². The van der Waals surface area contributed by atoms with Crippen molar-refractivity contribution in [2.24, 2.45) is 5.92 Å². The number of nitrogens with one attached hydrogen (secondary N) is 1. The molecule has 0 atom stereocenters. The number of sulfonamides is 1. The van der Waals surface area contributed by atoms with Crippen molar-refractivity contribution in [2.75, 3.05) is 40.3 Å². The fourth-order valence-corrected chi connectivity index (χ4v) is 3.84. The first kappa shape index (κ1) is 22.8. The molecule has 10 heteroatoms. The first-order valence-corrected chi connectivity index (χ1v) is 10.9. The van der Waals surface area contributed by atoms with Crippen LogP contribution in [0, 0.1) is 5.92 Å². The standard InChI is InChI=1S/C19H27N3O6S/c1-4-28-19(25)15-9-11-22(12-10-15)17(23)13-21(3)18(24)14-5-7-16(8-6-14)29(26,27)20-2/h5-8,15,20H,4,9-13H2,1-3H3. The predicted molar refractivity (Wildman–Crippen MR) is 106 cm³/mol. The number of hydrogen-bond acceptors (Lipinski definition) is 6. The fraction of sp³-hybridized carbons (Fsp3) is 0.526. The highest BCUT2D eigenvalue weighted by Gasteiger charge is 2.29. The van der Waals surface area contributed by atoms with Gasteiger partial charge in [-0.1, -0.05) is 0 Å². The molecule has 29 heavy (non-hydrogen) atoms. The number of piperidine rings is 1. The van der Waals surface area contributed by atoms with Gasteiger partial charge in [-0.15, -0.1) is 0 Å². The van der Waals surface area contributed by atoms with E-state index in [0.29, 0.717) is 32.5 Å². The highest BCUT2D eigenvalue weighted by molar-refractivity contribution is 7.89. The van der Waals surface area contributed by atoms with E-state index in [1.165, 1.54) is 43.3 Å². The molecule has 0 spiro atoms. The minimum Gasteiger partial charge on any atom is -0.466 e. The van der Waals surface area contributed by atoms with Crippen molar-refractivity contribution in [2.45, 2.75) is 24.7 Å². The number of ether oxygens (including phenoxy) is 1. The number of carbonyl (C=O) groups excluding carboxylic acids is 3. The average Bonchev–Trinajstić information content (AvgIpc) is 2.73. The molecule has 2 amide bonds. The summed E-state index contributed by atoms with van der Waals surface area (Å²) in [6, 6.07) is 5.51. The minimum absolute atomic E-state index is 0.0553. The van der Waals surface area contributed by atoms with E-state index in [9.17, 15) is 22.8 Å². The van der Waals surface area contributed by atoms with Crippen molar-refractivity contribution < 1.29 is 27.5 Å². The summed E-state index contributed by atoms with van der Waals surface area (Å²) in [6.45, 7) is 2.89. The Morgan fingerprint density at radius 2 is 1.76 bits per heavy atom. The number of likely N-dealkylation sites (N-methyl/N-ethyl adjacent to an activating group) is 1. The van der Waals surface area contributed by atoms with Gasteiger partial charge in [0.25, 0.3) is 5.91 Å². The van der Waals surface area contributed by atoms with E-state index in [1.807, 2.05) is 0 Å². The lowest BCUT2D eigenvalue weighted by atomic mass is 9.97. The van der Waals surface area contributed by atoms with Crippen LogP contribution < -0.4 is 4.72 Å². The quantitative estimate of drug-likeness (QED) is 0.636. The van der Waals surface area contributed by atoms with Crippen molar-refractivity contribution in [3.8, 4) is 0 Å². The predicted octanol–water partition coefficient (Wildman–Crippen LogP) is 0.468. The van der Waals surface area contributed by atoms with Gasteiger partial charge in [0, 0.05) is 25.7 Å². The summed E-state index contributed by atoms with van der Waals surface area (Å²) in [5, 5.41) is 0. The zero-order valence-corrected chi connectivity index (χ0v) is 17.7. The second kappa shape index (κ2) is 9.84. The van der Waals surface area contributed by atoms with E-state index in [-0.39, 0.29) is 40.7 Å². The zero-order valence-electron chi connectivity index (χ0n) is 16.9. The maximum Gasteiger partial charge on any atom is 0.309 e. The van der Waals surface area contributed by atoms with Crippen molar-refractivity contribution in [3.05, 3.63) is 29.8 Å². The Balaban J connectivity index is 1.91. The zero-order chi connectivity index (χ0) is 21.6. The number of likely N-dealkylation sites (tertiary alicyclic amines) is 1. The molecule has 1 N–H and O–H groups in total. The normalized spacial score (nSPS) is 15.1. The van der Waals surface area contributed by atoms with Gasteiger partial charge in [-0.3, -0.25) is 14.4 Å². The first-order chi connectivity index (χ1) is 13.7. The van der Waals surface area contributed by atoms with Gasteiger partial charge in [0.05, 0.1) is 24.0 Å². The van der Waals surface area contributed by atoms with Gasteiger partial charge >= 0.3 is 5.97 Å². The van der Waals surface area contributed by atoms with Gasteiger partial charge in [0.15, 0.2) is 0 Å². The number of esters is 1. The molecular weight excluding hydrogens is 398 g/mol. The van der Waals surface area contributed by atoms with Crippen LogP contribution in [0.25, 0.3) is 0 Å². The smallest absolute Gasteiger partial charge is 0.309 e. The first-order valence-electron chi connectivity index (χ1n) is 9.43. The Morgan fingerprint density at radius 3 is 2.28 bits per heavy atom. The SMILES string of the molecule is CCOC(=O)C1CCN(C(=O)CN(C)C(=O)c2ccc(S(=O)(=O)NC)cc2)CC1. The second-order valence-electron chi connectivity index (χ2n) is 6.80. The van der Waals surface area contributed by atoms with Crippen LogP contribution in [-0.4, -0.2) is 76.3 Å². The van der Waals surface area contributed by atoms with Gasteiger partial charge in [0.2, 0.25) is 15.9 Å². The van der Waals surface area contributed by atoms with Crippen molar-refractivity contribution in [3.63, 3.8) is 0 Å². The Morgan fingerprint density at radius 1 is 1.17 bits per heavy atom. The number of rotatable bonds is 7. The lowest BCUT2D eigenvalue weighted by molar-refractivity contribution is -0.151. The summed E-state index contributed by atoms with van der Waals surface area (Å²) in [5.41, 5.74) is 0.288. The third kappa shape index (κ3) is 5.77. The molecule has 0 aromatic heterocycles. The number of nitrogens with zero attached hydrogens (tertiary/aromatic N) is 2. The molecule has 0 aliphatic carbocycles. The molecule has 1 aliphatic heterocycles. The van der Waals surface area contributed by atoms with E-state index in [1.54, 1.807) is 11.8 Å². The number of amides is 2. The molecular formula is C19H27N3O6S. The third-order valence-corrected chi connectivity index (χ3v) is 6.30. The molecule has 0 saturated carbocycles. The largest absolute Gasteiger partial charge is 0.466 e. The van der Waals surface area contributed by atoms with Crippen LogP contribution >= 0.6 is 0 Å². The Kier molecular flexibility index (Phi) is 7.74. The molecule has 2 rings (SSSR count). The highest BCUT2D eigenvalue weighted by Crippen LogP contribution is 2.19. The summed E-state index contributed by atoms with van der Waals surface area (Å²) in [6.07, 6.45) is 1.09. The molecule has 1 aromatic rings. The molecule has 1 saturated heterocycles. The van der Waals surface area contributed by atoms with Crippen LogP contribution in [-0.2, 0) is 24.3 Å². The molecule has 9 nitrogen and oxygen atoms in total. The van der Waals surface area contributed by atoms with E-state index in [4.69, 9.17) is 4.74 Å². The van der Waals surface area contributed by atoms with E-state index < -0.39 is 10.0 Å². The summed E-state index contributed by atoms with van der Waals surface area (Å²) in [5.74, 6) is -0.993. The summed E-state index contributed by atoms with van der Waals surface area (Å²) in [7, 11) is -0.751. The average molecular weight is 426 g/mol. The number of benzene rings is 1. The molecule has 1 fully saturated rings. The summed E-state index contributed by atoms with van der Waals surface area (Å²) in [4.78, 5) is 39.8.